The van der Waals surface area contributed by atoms with Gasteiger partial charge in [0, 0.05) is 17.5 Å². The highest BCUT2D eigenvalue weighted by atomic mass is 16.5. The first-order chi connectivity index (χ1) is 15.6. The van der Waals surface area contributed by atoms with Gasteiger partial charge in [0.1, 0.15) is 33.6 Å². The van der Waals surface area contributed by atoms with Crippen molar-refractivity contribution in [3.63, 3.8) is 0 Å². The fourth-order valence-corrected chi connectivity index (χ4v) is 3.81. The second-order valence-electron chi connectivity index (χ2n) is 7.19. The molecule has 0 aliphatic rings. The van der Waals surface area contributed by atoms with Crippen molar-refractivity contribution in [3.05, 3.63) is 93.4 Å². The van der Waals surface area contributed by atoms with Crippen molar-refractivity contribution in [1.82, 2.24) is 0 Å². The molecule has 0 atom stereocenters. The Hall–Kier alpha value is -4.32. The third-order valence-electron chi connectivity index (χ3n) is 5.34. The predicted molar refractivity (Wildman–Crippen MR) is 123 cm³/mol. The molecule has 5 aromatic rings. The van der Waals surface area contributed by atoms with E-state index in [0.717, 1.165) is 0 Å². The van der Waals surface area contributed by atoms with Crippen molar-refractivity contribution in [2.24, 2.45) is 0 Å². The molecule has 0 saturated carbocycles. The highest BCUT2D eigenvalue weighted by Gasteiger charge is 2.23. The second kappa shape index (κ2) is 7.74. The second-order valence-corrected chi connectivity index (χ2v) is 7.19. The van der Waals surface area contributed by atoms with E-state index in [2.05, 4.69) is 0 Å². The molecule has 6 nitrogen and oxygen atoms in total. The van der Waals surface area contributed by atoms with Crippen LogP contribution in [0, 0.1) is 0 Å². The van der Waals surface area contributed by atoms with E-state index in [4.69, 9.17) is 18.3 Å². The lowest BCUT2D eigenvalue weighted by Gasteiger charge is -2.13. The van der Waals surface area contributed by atoms with Gasteiger partial charge in [-0.2, -0.15) is 0 Å². The zero-order chi connectivity index (χ0) is 22.2. The predicted octanol–water partition coefficient (Wildman–Crippen LogP) is 5.25. The summed E-state index contributed by atoms with van der Waals surface area (Å²) in [6.07, 6.45) is 0. The van der Waals surface area contributed by atoms with Crippen LogP contribution in [0.4, 0.5) is 0 Å². The summed E-state index contributed by atoms with van der Waals surface area (Å²) in [6, 6.07) is 21.1. The van der Waals surface area contributed by atoms with Gasteiger partial charge in [-0.3, -0.25) is 4.79 Å². The van der Waals surface area contributed by atoms with Gasteiger partial charge in [-0.1, -0.05) is 48.5 Å². The molecule has 0 radical (unpaired) electrons. The maximum absolute atomic E-state index is 13.8. The summed E-state index contributed by atoms with van der Waals surface area (Å²) in [5.74, 6) is 0.910. The maximum Gasteiger partial charge on any atom is 0.347 e. The lowest BCUT2D eigenvalue weighted by Crippen LogP contribution is -2.12. The molecule has 0 unspecified atom stereocenters. The zero-order valence-corrected chi connectivity index (χ0v) is 17.4. The topological polar surface area (TPSA) is 78.9 Å². The highest BCUT2D eigenvalue weighted by molar-refractivity contribution is 5.94. The summed E-state index contributed by atoms with van der Waals surface area (Å²) in [5, 5.41) is 0.980. The summed E-state index contributed by atoms with van der Waals surface area (Å²) in [5.41, 5.74) is 0.802. The molecule has 2 aromatic heterocycles. The standard InChI is InChI=1S/C26H18O6/c1-29-17-13-20(30-2)23-21(14-17)31-25(22(24(23)27)15-8-4-3-5-9-15)18-12-16-10-6-7-11-19(16)32-26(18)28/h3-14H,1-2H3. The molecular formula is C26H18O6. The van der Waals surface area contributed by atoms with Crippen LogP contribution in [0.2, 0.25) is 0 Å². The van der Waals surface area contributed by atoms with Crippen molar-refractivity contribution in [1.29, 1.82) is 0 Å². The number of hydrogen-bond donors (Lipinski definition) is 0. The maximum atomic E-state index is 13.8. The van der Waals surface area contributed by atoms with Gasteiger partial charge in [0.25, 0.3) is 0 Å². The lowest BCUT2D eigenvalue weighted by molar-refractivity contribution is 0.396. The molecule has 3 aromatic carbocycles. The summed E-state index contributed by atoms with van der Waals surface area (Å²) in [4.78, 5) is 26.7. The Morgan fingerprint density at radius 3 is 2.25 bits per heavy atom. The SMILES string of the molecule is COc1cc(OC)c2c(=O)c(-c3ccccc3)c(-c3cc4ccccc4oc3=O)oc2c1. The molecule has 0 saturated heterocycles. The monoisotopic (exact) mass is 426 g/mol. The van der Waals surface area contributed by atoms with Gasteiger partial charge in [0.15, 0.2) is 5.76 Å². The highest BCUT2D eigenvalue weighted by Crippen LogP contribution is 2.36. The van der Waals surface area contributed by atoms with E-state index in [-0.39, 0.29) is 33.3 Å². The minimum Gasteiger partial charge on any atom is -0.496 e. The van der Waals surface area contributed by atoms with Crippen LogP contribution in [0.25, 0.3) is 44.4 Å². The van der Waals surface area contributed by atoms with Gasteiger partial charge >= 0.3 is 5.63 Å². The number of hydrogen-bond acceptors (Lipinski definition) is 6. The molecule has 2 heterocycles. The van der Waals surface area contributed by atoms with Crippen LogP contribution in [0.3, 0.4) is 0 Å². The van der Waals surface area contributed by atoms with Crippen LogP contribution in [-0.2, 0) is 0 Å². The molecule has 32 heavy (non-hydrogen) atoms. The van der Waals surface area contributed by atoms with Crippen molar-refractivity contribution in [2.45, 2.75) is 0 Å². The molecule has 0 fully saturated rings. The fourth-order valence-electron chi connectivity index (χ4n) is 3.81. The molecule has 0 amide bonds. The van der Waals surface area contributed by atoms with Crippen LogP contribution >= 0.6 is 0 Å². The van der Waals surface area contributed by atoms with Crippen LogP contribution in [-0.4, -0.2) is 14.2 Å². The largest absolute Gasteiger partial charge is 0.496 e. The average Bonchev–Trinajstić information content (AvgIpc) is 2.83. The first kappa shape index (κ1) is 19.6. The minimum absolute atomic E-state index is 0.128. The molecule has 0 aliphatic carbocycles. The van der Waals surface area contributed by atoms with Gasteiger partial charge < -0.3 is 18.3 Å². The Kier molecular flexibility index (Phi) is 4.75. The molecule has 0 bridgehead atoms. The van der Waals surface area contributed by atoms with Crippen molar-refractivity contribution >= 4 is 21.9 Å². The number of fused-ring (bicyclic) bond motifs is 2. The Bertz CT molecular complexity index is 1580. The molecule has 5 rings (SSSR count). The smallest absolute Gasteiger partial charge is 0.347 e. The Labute approximate surface area is 182 Å². The minimum atomic E-state index is -0.599. The van der Waals surface area contributed by atoms with Crippen LogP contribution < -0.4 is 20.5 Å². The fraction of sp³-hybridized carbons (Fsp3) is 0.0769. The third kappa shape index (κ3) is 3.13. The molecule has 6 heteroatoms. The van der Waals surface area contributed by atoms with Crippen molar-refractivity contribution in [2.75, 3.05) is 14.2 Å². The Balaban J connectivity index is 1.95. The van der Waals surface area contributed by atoms with E-state index < -0.39 is 5.63 Å². The normalized spacial score (nSPS) is 11.1. The number of para-hydroxylation sites is 1. The number of ether oxygens (including phenoxy) is 2. The Morgan fingerprint density at radius 2 is 1.50 bits per heavy atom. The van der Waals surface area contributed by atoms with Gasteiger partial charge in [-0.25, -0.2) is 4.79 Å². The third-order valence-corrected chi connectivity index (χ3v) is 5.34. The first-order valence-corrected chi connectivity index (χ1v) is 9.92. The summed E-state index contributed by atoms with van der Waals surface area (Å²) in [6.45, 7) is 0. The van der Waals surface area contributed by atoms with Crippen molar-refractivity contribution < 1.29 is 18.3 Å². The van der Waals surface area contributed by atoms with Crippen LogP contribution in [0.1, 0.15) is 0 Å². The van der Waals surface area contributed by atoms with Crippen LogP contribution in [0.15, 0.2) is 91.2 Å². The van der Waals surface area contributed by atoms with Gasteiger partial charge in [-0.15, -0.1) is 0 Å². The summed E-state index contributed by atoms with van der Waals surface area (Å²) < 4.78 is 22.5. The lowest BCUT2D eigenvalue weighted by atomic mass is 9.98. The van der Waals surface area contributed by atoms with E-state index in [1.807, 2.05) is 30.3 Å². The molecule has 0 spiro atoms. The zero-order valence-electron chi connectivity index (χ0n) is 17.4. The molecule has 158 valence electrons. The molecule has 0 N–H and O–H groups in total. The summed E-state index contributed by atoms with van der Waals surface area (Å²) >= 11 is 0. The van der Waals surface area contributed by atoms with E-state index in [1.165, 1.54) is 14.2 Å². The van der Waals surface area contributed by atoms with E-state index in [0.29, 0.717) is 28.0 Å². The van der Waals surface area contributed by atoms with E-state index in [9.17, 15) is 9.59 Å². The number of rotatable bonds is 4. The van der Waals surface area contributed by atoms with E-state index in [1.54, 1.807) is 42.5 Å². The number of benzene rings is 3. The van der Waals surface area contributed by atoms with Gasteiger partial charge in [0.05, 0.1) is 19.8 Å². The average molecular weight is 426 g/mol. The van der Waals surface area contributed by atoms with Crippen molar-refractivity contribution in [3.8, 4) is 33.9 Å². The Morgan fingerprint density at radius 1 is 0.750 bits per heavy atom. The van der Waals surface area contributed by atoms with Gasteiger partial charge in [-0.05, 0) is 17.7 Å². The van der Waals surface area contributed by atoms with E-state index >= 15 is 0 Å². The van der Waals surface area contributed by atoms with Gasteiger partial charge in [0.2, 0.25) is 5.43 Å². The molecule has 0 aliphatic heterocycles. The number of methoxy groups -OCH3 is 2. The molecular weight excluding hydrogens is 408 g/mol. The summed E-state index contributed by atoms with van der Waals surface area (Å²) in [7, 11) is 2.98. The first-order valence-electron chi connectivity index (χ1n) is 9.92. The van der Waals surface area contributed by atoms with Crippen LogP contribution in [0.5, 0.6) is 11.5 Å². The quantitative estimate of drug-likeness (QED) is 0.365.